The summed E-state index contributed by atoms with van der Waals surface area (Å²) < 4.78 is 32.3. The molecule has 128 valence electrons. The van der Waals surface area contributed by atoms with Crippen LogP contribution in [0.25, 0.3) is 22.6 Å². The minimum atomic E-state index is -0.911. The quantitative estimate of drug-likeness (QED) is 0.564. The van der Waals surface area contributed by atoms with E-state index in [9.17, 15) is 13.6 Å². The van der Waals surface area contributed by atoms with E-state index in [0.29, 0.717) is 23.2 Å². The maximum absolute atomic E-state index is 13.7. The van der Waals surface area contributed by atoms with Gasteiger partial charge in [0.1, 0.15) is 17.2 Å². The van der Waals surface area contributed by atoms with Gasteiger partial charge in [-0.25, -0.2) is 13.8 Å². The van der Waals surface area contributed by atoms with E-state index in [-0.39, 0.29) is 5.56 Å². The first-order valence-corrected chi connectivity index (χ1v) is 7.82. The van der Waals surface area contributed by atoms with E-state index < -0.39 is 17.5 Å². The zero-order chi connectivity index (χ0) is 18.1. The molecule has 0 fully saturated rings. The number of benzene rings is 3. The first-order valence-electron chi connectivity index (χ1n) is 7.82. The van der Waals surface area contributed by atoms with Crippen LogP contribution in [0, 0.1) is 11.6 Å². The lowest BCUT2D eigenvalue weighted by molar-refractivity contribution is 0.102. The average Bonchev–Trinajstić information content (AvgIpc) is 3.06. The van der Waals surface area contributed by atoms with Gasteiger partial charge >= 0.3 is 0 Å². The lowest BCUT2D eigenvalue weighted by Crippen LogP contribution is -2.13. The number of nitrogens with zero attached hydrogens (tertiary/aromatic N) is 1. The maximum atomic E-state index is 13.7. The highest BCUT2D eigenvalue weighted by Gasteiger charge is 2.13. The number of para-hydroxylation sites is 2. The zero-order valence-corrected chi connectivity index (χ0v) is 13.4. The minimum absolute atomic E-state index is 0.227. The topological polar surface area (TPSA) is 55.1 Å². The van der Waals surface area contributed by atoms with E-state index in [2.05, 4.69) is 10.3 Å². The van der Waals surface area contributed by atoms with Gasteiger partial charge < -0.3 is 9.73 Å². The molecule has 0 bridgehead atoms. The molecule has 1 amide bonds. The van der Waals surface area contributed by atoms with Crippen molar-refractivity contribution in [3.63, 3.8) is 0 Å². The van der Waals surface area contributed by atoms with E-state index in [1.807, 2.05) is 24.3 Å². The van der Waals surface area contributed by atoms with Crippen molar-refractivity contribution < 1.29 is 18.0 Å². The normalized spacial score (nSPS) is 10.8. The average molecular weight is 350 g/mol. The number of amides is 1. The summed E-state index contributed by atoms with van der Waals surface area (Å²) in [6.07, 6.45) is 0. The van der Waals surface area contributed by atoms with Crippen molar-refractivity contribution in [3.8, 4) is 11.5 Å². The predicted octanol–water partition coefficient (Wildman–Crippen LogP) is 5.03. The molecule has 4 aromatic rings. The minimum Gasteiger partial charge on any atom is -0.436 e. The van der Waals surface area contributed by atoms with Crippen LogP contribution in [0.3, 0.4) is 0 Å². The van der Waals surface area contributed by atoms with Crippen LogP contribution in [0.1, 0.15) is 10.4 Å². The molecule has 0 aliphatic heterocycles. The monoisotopic (exact) mass is 350 g/mol. The molecule has 1 aromatic heterocycles. The fourth-order valence-corrected chi connectivity index (χ4v) is 2.56. The second-order valence-electron chi connectivity index (χ2n) is 5.64. The SMILES string of the molecule is O=C(Nc1ccc(-c2nc3ccccc3o2)cc1)c1ccc(F)cc1F. The van der Waals surface area contributed by atoms with Gasteiger partial charge in [-0.3, -0.25) is 4.79 Å². The number of anilines is 1. The van der Waals surface area contributed by atoms with Crippen LogP contribution in [0.4, 0.5) is 14.5 Å². The third kappa shape index (κ3) is 3.04. The first kappa shape index (κ1) is 16.0. The number of hydrogen-bond acceptors (Lipinski definition) is 3. The standard InChI is InChI=1S/C20H12F2N2O2/c21-13-7-10-15(16(22)11-13)19(25)23-14-8-5-12(6-9-14)20-24-17-3-1-2-4-18(17)26-20/h1-11H,(H,23,25). The van der Waals surface area contributed by atoms with E-state index in [1.54, 1.807) is 24.3 Å². The summed E-state index contributed by atoms with van der Waals surface area (Å²) >= 11 is 0. The summed E-state index contributed by atoms with van der Waals surface area (Å²) in [4.78, 5) is 16.5. The Morgan fingerprint density at radius 1 is 0.962 bits per heavy atom. The smallest absolute Gasteiger partial charge is 0.258 e. The van der Waals surface area contributed by atoms with Gasteiger partial charge in [0.2, 0.25) is 5.89 Å². The molecule has 6 heteroatoms. The fourth-order valence-electron chi connectivity index (χ4n) is 2.56. The van der Waals surface area contributed by atoms with Crippen molar-refractivity contribution in [2.45, 2.75) is 0 Å². The molecule has 0 aliphatic carbocycles. The molecule has 0 unspecified atom stereocenters. The van der Waals surface area contributed by atoms with Gasteiger partial charge in [0.25, 0.3) is 5.91 Å². The van der Waals surface area contributed by atoms with Crippen molar-refractivity contribution >= 4 is 22.7 Å². The summed E-state index contributed by atoms with van der Waals surface area (Å²) in [6, 6.07) is 17.0. The van der Waals surface area contributed by atoms with Gasteiger partial charge in [0.15, 0.2) is 5.58 Å². The van der Waals surface area contributed by atoms with Crippen LogP contribution in [0.15, 0.2) is 71.1 Å². The molecular formula is C20H12F2N2O2. The Balaban J connectivity index is 1.55. The second kappa shape index (κ2) is 6.40. The Hall–Kier alpha value is -3.54. The number of nitrogens with one attached hydrogen (secondary N) is 1. The van der Waals surface area contributed by atoms with E-state index in [4.69, 9.17) is 4.42 Å². The van der Waals surface area contributed by atoms with Crippen molar-refractivity contribution in [1.82, 2.24) is 4.98 Å². The molecule has 0 radical (unpaired) electrons. The summed E-state index contributed by atoms with van der Waals surface area (Å²) in [5, 5.41) is 2.57. The van der Waals surface area contributed by atoms with Crippen LogP contribution in [0.5, 0.6) is 0 Å². The van der Waals surface area contributed by atoms with Crippen LogP contribution < -0.4 is 5.32 Å². The van der Waals surface area contributed by atoms with Gasteiger partial charge in [0, 0.05) is 17.3 Å². The number of halogens is 2. The zero-order valence-electron chi connectivity index (χ0n) is 13.4. The molecule has 0 aliphatic rings. The van der Waals surface area contributed by atoms with E-state index in [0.717, 1.165) is 23.2 Å². The van der Waals surface area contributed by atoms with Gasteiger partial charge in [0.05, 0.1) is 5.56 Å². The van der Waals surface area contributed by atoms with Crippen molar-refractivity contribution in [2.24, 2.45) is 0 Å². The number of fused-ring (bicyclic) bond motifs is 1. The molecule has 0 atom stereocenters. The number of rotatable bonds is 3. The first-order chi connectivity index (χ1) is 12.6. The van der Waals surface area contributed by atoms with Crippen molar-refractivity contribution in [2.75, 3.05) is 5.32 Å². The molecule has 1 N–H and O–H groups in total. The summed E-state index contributed by atoms with van der Waals surface area (Å²) in [6.45, 7) is 0. The predicted molar refractivity (Wildman–Crippen MR) is 93.8 cm³/mol. The van der Waals surface area contributed by atoms with E-state index in [1.165, 1.54) is 0 Å². The van der Waals surface area contributed by atoms with E-state index >= 15 is 0 Å². The summed E-state index contributed by atoms with van der Waals surface area (Å²) in [7, 11) is 0. The molecule has 0 saturated heterocycles. The fraction of sp³-hybridized carbons (Fsp3) is 0. The number of carbonyl (C=O) groups is 1. The molecule has 4 rings (SSSR count). The Morgan fingerprint density at radius 3 is 2.46 bits per heavy atom. The summed E-state index contributed by atoms with van der Waals surface area (Å²) in [5.41, 5.74) is 2.43. The van der Waals surface area contributed by atoms with Crippen LogP contribution in [-0.2, 0) is 0 Å². The number of carbonyl (C=O) groups excluding carboxylic acids is 1. The Morgan fingerprint density at radius 2 is 1.73 bits per heavy atom. The van der Waals surface area contributed by atoms with Crippen LogP contribution in [-0.4, -0.2) is 10.9 Å². The number of aromatic nitrogens is 1. The molecule has 0 spiro atoms. The summed E-state index contributed by atoms with van der Waals surface area (Å²) in [5.74, 6) is -1.84. The molecule has 1 heterocycles. The van der Waals surface area contributed by atoms with Crippen molar-refractivity contribution in [3.05, 3.63) is 83.9 Å². The second-order valence-corrected chi connectivity index (χ2v) is 5.64. The highest BCUT2D eigenvalue weighted by Crippen LogP contribution is 2.25. The molecular weight excluding hydrogens is 338 g/mol. The van der Waals surface area contributed by atoms with Gasteiger partial charge in [-0.1, -0.05) is 12.1 Å². The Kier molecular flexibility index (Phi) is 3.93. The highest BCUT2D eigenvalue weighted by molar-refractivity contribution is 6.04. The van der Waals surface area contributed by atoms with Crippen molar-refractivity contribution in [1.29, 1.82) is 0 Å². The van der Waals surface area contributed by atoms with Gasteiger partial charge in [-0.2, -0.15) is 0 Å². The molecule has 26 heavy (non-hydrogen) atoms. The largest absolute Gasteiger partial charge is 0.436 e. The molecule has 3 aromatic carbocycles. The van der Waals surface area contributed by atoms with Gasteiger partial charge in [-0.05, 0) is 48.5 Å². The number of hydrogen-bond donors (Lipinski definition) is 1. The Bertz CT molecular complexity index is 1070. The van der Waals surface area contributed by atoms with Crippen LogP contribution in [0.2, 0.25) is 0 Å². The molecule has 0 saturated carbocycles. The third-order valence-electron chi connectivity index (χ3n) is 3.86. The van der Waals surface area contributed by atoms with Gasteiger partial charge in [-0.15, -0.1) is 0 Å². The highest BCUT2D eigenvalue weighted by atomic mass is 19.1. The lowest BCUT2D eigenvalue weighted by Gasteiger charge is -2.06. The van der Waals surface area contributed by atoms with Crippen LogP contribution >= 0.6 is 0 Å². The molecule has 4 nitrogen and oxygen atoms in total. The third-order valence-corrected chi connectivity index (χ3v) is 3.86. The Labute approximate surface area is 147 Å². The lowest BCUT2D eigenvalue weighted by atomic mass is 10.1. The number of oxazole rings is 1. The maximum Gasteiger partial charge on any atom is 0.258 e.